The largest absolute Gasteiger partial charge is 0.465 e. The van der Waals surface area contributed by atoms with E-state index >= 15 is 0 Å². The Morgan fingerprint density at radius 3 is 2.70 bits per heavy atom. The quantitative estimate of drug-likeness (QED) is 0.709. The molecule has 0 atom stereocenters. The average Bonchev–Trinajstić information content (AvgIpc) is 2.89. The van der Waals surface area contributed by atoms with Gasteiger partial charge >= 0.3 is 5.97 Å². The fourth-order valence-electron chi connectivity index (χ4n) is 2.20. The molecular formula is C16H12BrNO2. The summed E-state index contributed by atoms with van der Waals surface area (Å²) in [6.45, 7) is 0. The van der Waals surface area contributed by atoms with Gasteiger partial charge in [0.15, 0.2) is 0 Å². The van der Waals surface area contributed by atoms with Gasteiger partial charge in [-0.3, -0.25) is 0 Å². The van der Waals surface area contributed by atoms with Crippen LogP contribution in [0.1, 0.15) is 10.4 Å². The minimum absolute atomic E-state index is 0.330. The summed E-state index contributed by atoms with van der Waals surface area (Å²) in [6, 6.07) is 15.6. The Bertz CT molecular complexity index is 792. The van der Waals surface area contributed by atoms with Crippen molar-refractivity contribution < 1.29 is 9.53 Å². The van der Waals surface area contributed by atoms with Gasteiger partial charge in [-0.05, 0) is 24.3 Å². The van der Waals surface area contributed by atoms with Gasteiger partial charge in [-0.2, -0.15) is 0 Å². The Hall–Kier alpha value is -2.07. The van der Waals surface area contributed by atoms with Crippen LogP contribution in [0.2, 0.25) is 0 Å². The van der Waals surface area contributed by atoms with E-state index in [1.54, 1.807) is 6.07 Å². The summed E-state index contributed by atoms with van der Waals surface area (Å²) in [5, 5.41) is 1.06. The predicted octanol–water partition coefficient (Wildman–Crippen LogP) is 4.38. The summed E-state index contributed by atoms with van der Waals surface area (Å²) >= 11 is 3.55. The normalized spacial score (nSPS) is 10.7. The summed E-state index contributed by atoms with van der Waals surface area (Å²) in [5.41, 5.74) is 3.55. The number of carbonyl (C=O) groups is 1. The lowest BCUT2D eigenvalue weighted by Gasteiger charge is -2.00. The Balaban J connectivity index is 2.12. The first-order valence-electron chi connectivity index (χ1n) is 6.15. The lowest BCUT2D eigenvalue weighted by molar-refractivity contribution is 0.0601. The zero-order chi connectivity index (χ0) is 14.1. The van der Waals surface area contributed by atoms with Crippen molar-refractivity contribution in [3.63, 3.8) is 0 Å². The number of halogens is 1. The number of fused-ring (bicyclic) bond motifs is 1. The SMILES string of the molecule is COC(=O)c1ccc2cc(-c3ccccc3Br)[nH]c2c1. The maximum absolute atomic E-state index is 11.5. The number of methoxy groups -OCH3 is 1. The van der Waals surface area contributed by atoms with Crippen LogP contribution in [-0.4, -0.2) is 18.1 Å². The molecule has 4 heteroatoms. The summed E-state index contributed by atoms with van der Waals surface area (Å²) in [6.07, 6.45) is 0. The van der Waals surface area contributed by atoms with Gasteiger partial charge in [0.25, 0.3) is 0 Å². The van der Waals surface area contributed by atoms with E-state index in [-0.39, 0.29) is 5.97 Å². The lowest BCUT2D eigenvalue weighted by Crippen LogP contribution is -2.00. The monoisotopic (exact) mass is 329 g/mol. The molecule has 20 heavy (non-hydrogen) atoms. The first-order chi connectivity index (χ1) is 9.69. The molecule has 1 heterocycles. The first kappa shape index (κ1) is 12.9. The van der Waals surface area contributed by atoms with E-state index in [0.29, 0.717) is 5.56 Å². The number of rotatable bonds is 2. The minimum Gasteiger partial charge on any atom is -0.465 e. The van der Waals surface area contributed by atoms with E-state index in [9.17, 15) is 4.79 Å². The number of aromatic amines is 1. The van der Waals surface area contributed by atoms with Crippen LogP contribution in [-0.2, 0) is 4.74 Å². The Kier molecular flexibility index (Phi) is 3.32. The summed E-state index contributed by atoms with van der Waals surface area (Å²) in [7, 11) is 1.38. The molecule has 3 rings (SSSR count). The third-order valence-electron chi connectivity index (χ3n) is 3.21. The second-order valence-corrected chi connectivity index (χ2v) is 5.31. The van der Waals surface area contributed by atoms with Gasteiger partial charge in [0, 0.05) is 26.6 Å². The zero-order valence-electron chi connectivity index (χ0n) is 10.8. The Morgan fingerprint density at radius 2 is 1.95 bits per heavy atom. The van der Waals surface area contributed by atoms with Crippen LogP contribution in [0.15, 0.2) is 53.0 Å². The van der Waals surface area contributed by atoms with Crippen LogP contribution in [0.5, 0.6) is 0 Å². The molecule has 0 aliphatic carbocycles. The first-order valence-corrected chi connectivity index (χ1v) is 6.94. The van der Waals surface area contributed by atoms with E-state index in [1.807, 2.05) is 36.4 Å². The number of esters is 1. The van der Waals surface area contributed by atoms with Crippen molar-refractivity contribution in [3.8, 4) is 11.3 Å². The van der Waals surface area contributed by atoms with E-state index in [2.05, 4.69) is 27.0 Å². The maximum atomic E-state index is 11.5. The van der Waals surface area contributed by atoms with Crippen LogP contribution in [0.4, 0.5) is 0 Å². The van der Waals surface area contributed by atoms with Gasteiger partial charge in [-0.1, -0.05) is 40.2 Å². The fourth-order valence-corrected chi connectivity index (χ4v) is 2.69. The number of hydrogen-bond donors (Lipinski definition) is 1. The molecule has 2 aromatic carbocycles. The highest BCUT2D eigenvalue weighted by Gasteiger charge is 2.10. The fraction of sp³-hybridized carbons (Fsp3) is 0.0625. The number of hydrogen-bond acceptors (Lipinski definition) is 2. The molecule has 3 aromatic rings. The minimum atomic E-state index is -0.330. The molecule has 0 saturated carbocycles. The second-order valence-electron chi connectivity index (χ2n) is 4.46. The molecule has 0 aliphatic rings. The summed E-state index contributed by atoms with van der Waals surface area (Å²) in [5.74, 6) is -0.330. The van der Waals surface area contributed by atoms with Crippen LogP contribution in [0, 0.1) is 0 Å². The van der Waals surface area contributed by atoms with Crippen molar-refractivity contribution in [2.24, 2.45) is 0 Å². The maximum Gasteiger partial charge on any atom is 0.337 e. The third-order valence-corrected chi connectivity index (χ3v) is 3.90. The van der Waals surface area contributed by atoms with Crippen molar-refractivity contribution in [2.45, 2.75) is 0 Å². The van der Waals surface area contributed by atoms with Crippen molar-refractivity contribution >= 4 is 32.8 Å². The van der Waals surface area contributed by atoms with E-state index in [1.165, 1.54) is 7.11 Å². The standard InChI is InChI=1S/C16H12BrNO2/c1-20-16(19)11-7-6-10-8-15(18-14(10)9-11)12-4-2-3-5-13(12)17/h2-9,18H,1H3. The van der Waals surface area contributed by atoms with Crippen LogP contribution >= 0.6 is 15.9 Å². The van der Waals surface area contributed by atoms with Crippen molar-refractivity contribution in [1.82, 2.24) is 4.98 Å². The average molecular weight is 330 g/mol. The van der Waals surface area contributed by atoms with Gasteiger partial charge < -0.3 is 9.72 Å². The van der Waals surface area contributed by atoms with Crippen LogP contribution in [0.25, 0.3) is 22.2 Å². The molecule has 1 N–H and O–H groups in total. The van der Waals surface area contributed by atoms with E-state index < -0.39 is 0 Å². The molecule has 0 radical (unpaired) electrons. The van der Waals surface area contributed by atoms with Gasteiger partial charge in [0.1, 0.15) is 0 Å². The number of benzene rings is 2. The highest BCUT2D eigenvalue weighted by molar-refractivity contribution is 9.10. The van der Waals surface area contributed by atoms with Crippen molar-refractivity contribution in [1.29, 1.82) is 0 Å². The van der Waals surface area contributed by atoms with Gasteiger partial charge in [0.05, 0.1) is 12.7 Å². The topological polar surface area (TPSA) is 42.1 Å². The number of aromatic nitrogens is 1. The summed E-state index contributed by atoms with van der Waals surface area (Å²) in [4.78, 5) is 14.9. The molecule has 0 bridgehead atoms. The molecule has 0 aliphatic heterocycles. The number of ether oxygens (including phenoxy) is 1. The molecule has 1 aromatic heterocycles. The lowest BCUT2D eigenvalue weighted by atomic mass is 10.1. The number of H-pyrrole nitrogens is 1. The molecule has 0 saturated heterocycles. The van der Waals surface area contributed by atoms with Gasteiger partial charge in [0.2, 0.25) is 0 Å². The zero-order valence-corrected chi connectivity index (χ0v) is 12.4. The van der Waals surface area contributed by atoms with E-state index in [4.69, 9.17) is 4.74 Å². The Morgan fingerprint density at radius 1 is 1.15 bits per heavy atom. The molecule has 0 spiro atoms. The predicted molar refractivity (Wildman–Crippen MR) is 82.8 cm³/mol. The smallest absolute Gasteiger partial charge is 0.337 e. The molecule has 100 valence electrons. The summed E-state index contributed by atoms with van der Waals surface area (Å²) < 4.78 is 5.76. The van der Waals surface area contributed by atoms with Gasteiger partial charge in [-0.15, -0.1) is 0 Å². The Labute approximate surface area is 124 Å². The van der Waals surface area contributed by atoms with Gasteiger partial charge in [-0.25, -0.2) is 4.79 Å². The van der Waals surface area contributed by atoms with Crippen molar-refractivity contribution in [2.75, 3.05) is 7.11 Å². The number of nitrogens with one attached hydrogen (secondary N) is 1. The highest BCUT2D eigenvalue weighted by atomic mass is 79.9. The molecular weight excluding hydrogens is 318 g/mol. The molecule has 0 fully saturated rings. The molecule has 3 nitrogen and oxygen atoms in total. The molecule has 0 amide bonds. The molecule has 0 unspecified atom stereocenters. The highest BCUT2D eigenvalue weighted by Crippen LogP contribution is 2.30. The third kappa shape index (κ3) is 2.23. The van der Waals surface area contributed by atoms with Crippen molar-refractivity contribution in [3.05, 3.63) is 58.6 Å². The second kappa shape index (κ2) is 5.13. The van der Waals surface area contributed by atoms with Crippen LogP contribution < -0.4 is 0 Å². The van der Waals surface area contributed by atoms with Crippen LogP contribution in [0.3, 0.4) is 0 Å². The van der Waals surface area contributed by atoms with E-state index in [0.717, 1.165) is 26.6 Å². The number of carbonyl (C=O) groups excluding carboxylic acids is 1.